The summed E-state index contributed by atoms with van der Waals surface area (Å²) in [5.41, 5.74) is 0. The lowest BCUT2D eigenvalue weighted by atomic mass is 10.2. The van der Waals surface area contributed by atoms with Gasteiger partial charge in [-0.1, -0.05) is 12.8 Å². The van der Waals surface area contributed by atoms with Crippen molar-refractivity contribution in [3.8, 4) is 0 Å². The second-order valence-corrected chi connectivity index (χ2v) is 5.48. The summed E-state index contributed by atoms with van der Waals surface area (Å²) in [4.78, 5) is 25.7. The quantitative estimate of drug-likeness (QED) is 0.786. The first-order chi connectivity index (χ1) is 9.27. The first kappa shape index (κ1) is 14.3. The van der Waals surface area contributed by atoms with Gasteiger partial charge in [-0.05, 0) is 32.2 Å². The summed E-state index contributed by atoms with van der Waals surface area (Å²) in [5.74, 6) is 0.225. The molecule has 0 spiro atoms. The summed E-state index contributed by atoms with van der Waals surface area (Å²) in [5, 5.41) is 6.02. The van der Waals surface area contributed by atoms with Crippen LogP contribution in [0.1, 0.15) is 44.9 Å². The molecule has 1 unspecified atom stereocenters. The zero-order chi connectivity index (χ0) is 13.5. The van der Waals surface area contributed by atoms with Crippen LogP contribution in [0.2, 0.25) is 0 Å². The second kappa shape index (κ2) is 7.48. The molecule has 2 heterocycles. The van der Waals surface area contributed by atoms with Gasteiger partial charge in [-0.25, -0.2) is 0 Å². The Morgan fingerprint density at radius 2 is 1.84 bits per heavy atom. The van der Waals surface area contributed by atoms with Crippen molar-refractivity contribution in [3.63, 3.8) is 0 Å². The Balaban J connectivity index is 1.63. The molecule has 2 saturated heterocycles. The standard InChI is InChI=1S/C14H25N3O2/c18-13(17-10-3-1-2-4-11-17)7-9-16-14(19)12-6-5-8-15-12/h12,15H,1-11H2,(H,16,19). The molecule has 19 heavy (non-hydrogen) atoms. The van der Waals surface area contributed by atoms with E-state index in [-0.39, 0.29) is 17.9 Å². The topological polar surface area (TPSA) is 61.4 Å². The van der Waals surface area contributed by atoms with Gasteiger partial charge in [0.1, 0.15) is 0 Å². The van der Waals surface area contributed by atoms with Crippen LogP contribution in [0.3, 0.4) is 0 Å². The molecule has 0 bridgehead atoms. The Morgan fingerprint density at radius 1 is 1.11 bits per heavy atom. The van der Waals surface area contributed by atoms with Gasteiger partial charge in [-0.15, -0.1) is 0 Å². The second-order valence-electron chi connectivity index (χ2n) is 5.48. The molecule has 0 aromatic carbocycles. The highest BCUT2D eigenvalue weighted by molar-refractivity contribution is 5.83. The number of carbonyl (C=O) groups is 2. The van der Waals surface area contributed by atoms with Crippen LogP contribution < -0.4 is 10.6 Å². The summed E-state index contributed by atoms with van der Waals surface area (Å²) in [7, 11) is 0. The number of hydrogen-bond acceptors (Lipinski definition) is 3. The van der Waals surface area contributed by atoms with Crippen molar-refractivity contribution in [1.82, 2.24) is 15.5 Å². The van der Waals surface area contributed by atoms with Crippen molar-refractivity contribution in [2.75, 3.05) is 26.2 Å². The summed E-state index contributed by atoms with van der Waals surface area (Å²) in [6.45, 7) is 3.16. The number of nitrogens with one attached hydrogen (secondary N) is 2. The van der Waals surface area contributed by atoms with Crippen LogP contribution in [-0.2, 0) is 9.59 Å². The van der Waals surface area contributed by atoms with E-state index in [0.29, 0.717) is 13.0 Å². The molecular formula is C14H25N3O2. The van der Waals surface area contributed by atoms with Gasteiger partial charge in [0.2, 0.25) is 11.8 Å². The van der Waals surface area contributed by atoms with Gasteiger partial charge in [-0.3, -0.25) is 9.59 Å². The van der Waals surface area contributed by atoms with Crippen LogP contribution in [0.5, 0.6) is 0 Å². The monoisotopic (exact) mass is 267 g/mol. The summed E-state index contributed by atoms with van der Waals surface area (Å²) < 4.78 is 0. The predicted octanol–water partition coefficient (Wildman–Crippen LogP) is 0.647. The minimum atomic E-state index is -0.0479. The maximum Gasteiger partial charge on any atom is 0.237 e. The first-order valence-electron chi connectivity index (χ1n) is 7.56. The van der Waals surface area contributed by atoms with Crippen LogP contribution in [0.15, 0.2) is 0 Å². The fourth-order valence-electron chi connectivity index (χ4n) is 2.80. The number of nitrogens with zero attached hydrogens (tertiary/aromatic N) is 1. The van der Waals surface area contributed by atoms with Crippen molar-refractivity contribution in [3.05, 3.63) is 0 Å². The molecule has 2 aliphatic rings. The largest absolute Gasteiger partial charge is 0.354 e. The molecule has 5 heteroatoms. The van der Waals surface area contributed by atoms with Gasteiger partial charge >= 0.3 is 0 Å². The number of hydrogen-bond donors (Lipinski definition) is 2. The van der Waals surface area contributed by atoms with Crippen molar-refractivity contribution in [2.24, 2.45) is 0 Å². The zero-order valence-electron chi connectivity index (χ0n) is 11.6. The maximum atomic E-state index is 12.0. The van der Waals surface area contributed by atoms with Crippen LogP contribution >= 0.6 is 0 Å². The molecule has 108 valence electrons. The smallest absolute Gasteiger partial charge is 0.237 e. The van der Waals surface area contributed by atoms with E-state index in [0.717, 1.165) is 45.3 Å². The first-order valence-corrected chi connectivity index (χ1v) is 7.56. The number of rotatable bonds is 4. The fourth-order valence-corrected chi connectivity index (χ4v) is 2.80. The molecule has 2 aliphatic heterocycles. The van der Waals surface area contributed by atoms with Gasteiger partial charge in [-0.2, -0.15) is 0 Å². The van der Waals surface area contributed by atoms with Gasteiger partial charge in [0, 0.05) is 26.1 Å². The fraction of sp³-hybridized carbons (Fsp3) is 0.857. The molecule has 2 amide bonds. The van der Waals surface area contributed by atoms with Crippen LogP contribution in [0, 0.1) is 0 Å². The summed E-state index contributed by atoms with van der Waals surface area (Å²) in [6.07, 6.45) is 7.09. The Kier molecular flexibility index (Phi) is 5.63. The van der Waals surface area contributed by atoms with Gasteiger partial charge < -0.3 is 15.5 Å². The third-order valence-corrected chi connectivity index (χ3v) is 3.97. The van der Waals surface area contributed by atoms with E-state index in [4.69, 9.17) is 0 Å². The van der Waals surface area contributed by atoms with E-state index >= 15 is 0 Å². The minimum absolute atomic E-state index is 0.0427. The molecule has 0 radical (unpaired) electrons. The molecule has 2 rings (SSSR count). The highest BCUT2D eigenvalue weighted by Crippen LogP contribution is 2.10. The van der Waals surface area contributed by atoms with Gasteiger partial charge in [0.15, 0.2) is 0 Å². The number of likely N-dealkylation sites (tertiary alicyclic amines) is 1. The van der Waals surface area contributed by atoms with E-state index in [2.05, 4.69) is 10.6 Å². The lowest BCUT2D eigenvalue weighted by Gasteiger charge is -2.20. The summed E-state index contributed by atoms with van der Waals surface area (Å²) in [6, 6.07) is -0.0479. The van der Waals surface area contributed by atoms with E-state index in [1.54, 1.807) is 0 Å². The average Bonchev–Trinajstić information content (AvgIpc) is 2.81. The van der Waals surface area contributed by atoms with E-state index in [9.17, 15) is 9.59 Å². The Morgan fingerprint density at radius 3 is 2.47 bits per heavy atom. The molecule has 0 aliphatic carbocycles. The van der Waals surface area contributed by atoms with Crippen molar-refractivity contribution >= 4 is 11.8 Å². The van der Waals surface area contributed by atoms with Gasteiger partial charge in [0.05, 0.1) is 6.04 Å². The molecule has 0 saturated carbocycles. The molecule has 0 aromatic heterocycles. The molecule has 5 nitrogen and oxygen atoms in total. The lowest BCUT2D eigenvalue weighted by Crippen LogP contribution is -2.42. The van der Waals surface area contributed by atoms with Crippen LogP contribution in [0.4, 0.5) is 0 Å². The molecule has 2 N–H and O–H groups in total. The Bertz CT molecular complexity index is 306. The third-order valence-electron chi connectivity index (χ3n) is 3.97. The molecular weight excluding hydrogens is 242 g/mol. The third kappa shape index (κ3) is 4.49. The van der Waals surface area contributed by atoms with Crippen molar-refractivity contribution < 1.29 is 9.59 Å². The maximum absolute atomic E-state index is 12.0. The zero-order valence-corrected chi connectivity index (χ0v) is 11.6. The van der Waals surface area contributed by atoms with Crippen molar-refractivity contribution in [2.45, 2.75) is 51.0 Å². The van der Waals surface area contributed by atoms with Crippen LogP contribution in [-0.4, -0.2) is 48.9 Å². The number of carbonyl (C=O) groups excluding carboxylic acids is 2. The SMILES string of the molecule is O=C(NCCC(=O)N1CCCCCC1)C1CCCN1. The molecule has 2 fully saturated rings. The molecule has 0 aromatic rings. The molecule has 1 atom stereocenters. The van der Waals surface area contributed by atoms with Crippen molar-refractivity contribution in [1.29, 1.82) is 0 Å². The van der Waals surface area contributed by atoms with Crippen LogP contribution in [0.25, 0.3) is 0 Å². The Hall–Kier alpha value is -1.10. The highest BCUT2D eigenvalue weighted by atomic mass is 16.2. The lowest BCUT2D eigenvalue weighted by molar-refractivity contribution is -0.131. The number of amides is 2. The van der Waals surface area contributed by atoms with E-state index < -0.39 is 0 Å². The average molecular weight is 267 g/mol. The normalized spacial score (nSPS) is 24.0. The van der Waals surface area contributed by atoms with E-state index in [1.165, 1.54) is 12.8 Å². The van der Waals surface area contributed by atoms with Gasteiger partial charge in [0.25, 0.3) is 0 Å². The summed E-state index contributed by atoms with van der Waals surface area (Å²) >= 11 is 0. The predicted molar refractivity (Wildman–Crippen MR) is 73.7 cm³/mol. The van der Waals surface area contributed by atoms with E-state index in [1.807, 2.05) is 4.90 Å². The minimum Gasteiger partial charge on any atom is -0.354 e. The Labute approximate surface area is 115 Å². The highest BCUT2D eigenvalue weighted by Gasteiger charge is 2.22.